The maximum absolute atomic E-state index is 12.8. The molecule has 3 nitrogen and oxygen atoms in total. The molecule has 0 N–H and O–H groups in total. The first-order chi connectivity index (χ1) is 8.04. The Kier molecular flexibility index (Phi) is 3.59. The first-order valence-corrected chi connectivity index (χ1v) is 5.86. The van der Waals surface area contributed by atoms with Crippen LogP contribution in [0.4, 0.5) is 4.39 Å². The fourth-order valence-electron chi connectivity index (χ4n) is 1.23. The van der Waals surface area contributed by atoms with Gasteiger partial charge in [0.05, 0.1) is 5.02 Å². The molecule has 0 bridgehead atoms. The van der Waals surface area contributed by atoms with Crippen LogP contribution in [0.15, 0.2) is 28.9 Å². The normalized spacial score (nSPS) is 10.4. The van der Waals surface area contributed by atoms with E-state index in [0.717, 1.165) is 0 Å². The molecule has 0 radical (unpaired) electrons. The van der Waals surface area contributed by atoms with Gasteiger partial charge in [-0.1, -0.05) is 11.6 Å². The van der Waals surface area contributed by atoms with E-state index in [-0.39, 0.29) is 5.02 Å². The molecule has 88 valence electrons. The van der Waals surface area contributed by atoms with Crippen LogP contribution in [0.5, 0.6) is 11.6 Å². The summed E-state index contributed by atoms with van der Waals surface area (Å²) in [5.41, 5.74) is 0. The van der Waals surface area contributed by atoms with Crippen LogP contribution in [-0.2, 0) is 0 Å². The van der Waals surface area contributed by atoms with E-state index in [1.807, 2.05) is 0 Å². The van der Waals surface area contributed by atoms with E-state index >= 15 is 0 Å². The number of aromatic nitrogens is 2. The number of aryl methyl sites for hydroxylation is 1. The summed E-state index contributed by atoms with van der Waals surface area (Å²) in [7, 11) is 0. The van der Waals surface area contributed by atoms with Crippen LogP contribution in [0.3, 0.4) is 0 Å². The van der Waals surface area contributed by atoms with Gasteiger partial charge in [0.2, 0.25) is 5.88 Å². The molecule has 17 heavy (non-hydrogen) atoms. The number of halogens is 3. The Hall–Kier alpha value is -1.20. The van der Waals surface area contributed by atoms with E-state index in [1.54, 1.807) is 13.0 Å². The highest BCUT2D eigenvalue weighted by molar-refractivity contribution is 9.10. The molecule has 0 saturated heterocycles. The first-order valence-electron chi connectivity index (χ1n) is 4.69. The topological polar surface area (TPSA) is 35.0 Å². The molecule has 0 amide bonds. The molecule has 1 aromatic heterocycles. The third-order valence-electron chi connectivity index (χ3n) is 1.89. The highest BCUT2D eigenvalue weighted by Gasteiger charge is 2.07. The van der Waals surface area contributed by atoms with E-state index in [4.69, 9.17) is 16.3 Å². The van der Waals surface area contributed by atoms with E-state index in [1.165, 1.54) is 18.2 Å². The molecular weight excluding hydrogens is 310 g/mol. The predicted molar refractivity (Wildman–Crippen MR) is 66.0 cm³/mol. The summed E-state index contributed by atoms with van der Waals surface area (Å²) >= 11 is 9.07. The molecule has 0 fully saturated rings. The third-order valence-corrected chi connectivity index (χ3v) is 2.59. The van der Waals surface area contributed by atoms with Crippen molar-refractivity contribution in [2.75, 3.05) is 0 Å². The smallest absolute Gasteiger partial charge is 0.223 e. The van der Waals surface area contributed by atoms with Gasteiger partial charge in [-0.2, -0.15) is 4.98 Å². The molecule has 1 aromatic carbocycles. The second-order valence-electron chi connectivity index (χ2n) is 3.25. The van der Waals surface area contributed by atoms with Gasteiger partial charge in [0, 0.05) is 6.07 Å². The van der Waals surface area contributed by atoms with Crippen molar-refractivity contribution in [3.63, 3.8) is 0 Å². The average Bonchev–Trinajstić information content (AvgIpc) is 2.21. The molecule has 0 spiro atoms. The quantitative estimate of drug-likeness (QED) is 0.781. The largest absolute Gasteiger partial charge is 0.437 e. The molecule has 0 unspecified atom stereocenters. The van der Waals surface area contributed by atoms with Crippen LogP contribution in [-0.4, -0.2) is 9.97 Å². The van der Waals surface area contributed by atoms with Crippen LogP contribution in [0.1, 0.15) is 5.82 Å². The van der Waals surface area contributed by atoms with Crippen molar-refractivity contribution >= 4 is 27.5 Å². The Morgan fingerprint density at radius 3 is 2.71 bits per heavy atom. The fourth-order valence-corrected chi connectivity index (χ4v) is 1.89. The summed E-state index contributed by atoms with van der Waals surface area (Å²) in [5.74, 6) is 0.839. The van der Waals surface area contributed by atoms with Crippen molar-refractivity contribution in [1.29, 1.82) is 0 Å². The van der Waals surface area contributed by atoms with Gasteiger partial charge in [0.25, 0.3) is 0 Å². The van der Waals surface area contributed by atoms with Gasteiger partial charge in [-0.25, -0.2) is 9.37 Å². The minimum absolute atomic E-state index is 0.192. The van der Waals surface area contributed by atoms with Crippen molar-refractivity contribution in [3.05, 3.63) is 45.5 Å². The van der Waals surface area contributed by atoms with E-state index in [9.17, 15) is 4.39 Å². The number of benzene rings is 1. The maximum atomic E-state index is 12.8. The van der Waals surface area contributed by atoms with Crippen LogP contribution < -0.4 is 4.74 Å². The Morgan fingerprint density at radius 2 is 2.06 bits per heavy atom. The summed E-state index contributed by atoms with van der Waals surface area (Å²) in [6.45, 7) is 1.74. The predicted octanol–water partition coefficient (Wildman–Crippen LogP) is 4.13. The summed E-state index contributed by atoms with van der Waals surface area (Å²) in [5, 5.41) is 0.192. The molecule has 0 saturated carbocycles. The average molecular weight is 318 g/mol. The zero-order valence-corrected chi connectivity index (χ0v) is 11.1. The van der Waals surface area contributed by atoms with Crippen LogP contribution in [0.25, 0.3) is 0 Å². The fraction of sp³-hybridized carbons (Fsp3) is 0.0909. The molecule has 2 aromatic rings. The summed E-state index contributed by atoms with van der Waals surface area (Å²) in [4.78, 5) is 8.12. The van der Waals surface area contributed by atoms with Crippen molar-refractivity contribution in [1.82, 2.24) is 9.97 Å². The first kappa shape index (κ1) is 12.3. The van der Waals surface area contributed by atoms with Crippen LogP contribution in [0.2, 0.25) is 5.02 Å². The standard InChI is InChI=1S/C11H7BrClFN2O/c1-6-15-10(12)5-11(16-6)17-9-3-2-7(14)4-8(9)13/h2-5H,1H3. The number of nitrogens with zero attached hydrogens (tertiary/aromatic N) is 2. The lowest BCUT2D eigenvalue weighted by Gasteiger charge is -2.07. The Bertz CT molecular complexity index is 545. The van der Waals surface area contributed by atoms with Gasteiger partial charge >= 0.3 is 0 Å². The van der Waals surface area contributed by atoms with E-state index in [2.05, 4.69) is 25.9 Å². The summed E-state index contributed by atoms with van der Waals surface area (Å²) in [6.07, 6.45) is 0. The van der Waals surface area contributed by atoms with Gasteiger partial charge in [-0.05, 0) is 41.1 Å². The lowest BCUT2D eigenvalue weighted by molar-refractivity contribution is 0.457. The van der Waals surface area contributed by atoms with Gasteiger partial charge in [-0.3, -0.25) is 0 Å². The minimum atomic E-state index is -0.414. The van der Waals surface area contributed by atoms with Gasteiger partial charge in [-0.15, -0.1) is 0 Å². The lowest BCUT2D eigenvalue weighted by Crippen LogP contribution is -1.94. The van der Waals surface area contributed by atoms with E-state index in [0.29, 0.717) is 22.1 Å². The van der Waals surface area contributed by atoms with Crippen molar-refractivity contribution in [3.8, 4) is 11.6 Å². The maximum Gasteiger partial charge on any atom is 0.223 e. The SMILES string of the molecule is Cc1nc(Br)cc(Oc2ccc(F)cc2Cl)n1. The molecule has 0 atom stereocenters. The Labute approximate surface area is 111 Å². The molecule has 2 rings (SSSR count). The number of ether oxygens (including phenoxy) is 1. The zero-order chi connectivity index (χ0) is 12.4. The van der Waals surface area contributed by atoms with Crippen molar-refractivity contribution in [2.24, 2.45) is 0 Å². The van der Waals surface area contributed by atoms with E-state index < -0.39 is 5.82 Å². The second-order valence-corrected chi connectivity index (χ2v) is 4.47. The monoisotopic (exact) mass is 316 g/mol. The molecule has 0 aliphatic heterocycles. The second kappa shape index (κ2) is 4.98. The van der Waals surface area contributed by atoms with Gasteiger partial charge in [0.15, 0.2) is 0 Å². The van der Waals surface area contributed by atoms with Crippen LogP contribution >= 0.6 is 27.5 Å². The molecule has 1 heterocycles. The summed E-state index contributed by atoms with van der Waals surface area (Å²) < 4.78 is 18.9. The molecule has 0 aliphatic rings. The Balaban J connectivity index is 2.31. The summed E-state index contributed by atoms with van der Waals surface area (Å²) in [6, 6.07) is 5.50. The molecular formula is C11H7BrClFN2O. The zero-order valence-electron chi connectivity index (χ0n) is 8.75. The highest BCUT2D eigenvalue weighted by Crippen LogP contribution is 2.29. The number of rotatable bonds is 2. The van der Waals surface area contributed by atoms with Crippen molar-refractivity contribution in [2.45, 2.75) is 6.92 Å². The minimum Gasteiger partial charge on any atom is -0.437 e. The van der Waals surface area contributed by atoms with Gasteiger partial charge in [0.1, 0.15) is 22.0 Å². The number of hydrogen-bond acceptors (Lipinski definition) is 3. The lowest BCUT2D eigenvalue weighted by atomic mass is 10.3. The van der Waals surface area contributed by atoms with Crippen LogP contribution in [0, 0.1) is 12.7 Å². The number of hydrogen-bond donors (Lipinski definition) is 0. The van der Waals surface area contributed by atoms with Gasteiger partial charge < -0.3 is 4.74 Å². The molecule has 6 heteroatoms. The third kappa shape index (κ3) is 3.14. The highest BCUT2D eigenvalue weighted by atomic mass is 79.9. The molecule has 0 aliphatic carbocycles. The van der Waals surface area contributed by atoms with Crippen molar-refractivity contribution < 1.29 is 9.13 Å². The Morgan fingerprint density at radius 1 is 1.29 bits per heavy atom.